The average molecular weight is 491 g/mol. The number of hydrogen-bond donors (Lipinski definition) is 0. The molecule has 0 aliphatic carbocycles. The number of aryl methyl sites for hydroxylation is 1. The largest absolute Gasteiger partial charge is 0.462 e. The van der Waals surface area contributed by atoms with Gasteiger partial charge in [-0.15, -0.1) is 0 Å². The Morgan fingerprint density at radius 3 is 2.61 bits per heavy atom. The van der Waals surface area contributed by atoms with Gasteiger partial charge in [-0.3, -0.25) is 9.59 Å². The molecular weight excluding hydrogens is 452 g/mol. The first-order valence-corrected chi connectivity index (χ1v) is 13.5. The van der Waals surface area contributed by atoms with Crippen molar-refractivity contribution in [2.24, 2.45) is 11.8 Å². The van der Waals surface area contributed by atoms with Crippen LogP contribution >= 0.6 is 0 Å². The van der Waals surface area contributed by atoms with Gasteiger partial charge < -0.3 is 9.64 Å². The maximum absolute atomic E-state index is 13.1. The Hall–Kier alpha value is -2.99. The zero-order valence-corrected chi connectivity index (χ0v) is 21.4. The zero-order valence-electron chi connectivity index (χ0n) is 21.4. The lowest BCUT2D eigenvalue weighted by atomic mass is 9.98. The first kappa shape index (κ1) is 26.1. The van der Waals surface area contributed by atoms with Crippen LogP contribution in [-0.2, 0) is 20.7 Å². The number of rotatable bonds is 11. The molecule has 2 heterocycles. The normalized spacial score (nSPS) is 20.6. The minimum atomic E-state index is -0.468. The number of hydrogen-bond acceptors (Lipinski definition) is 5. The predicted molar refractivity (Wildman–Crippen MR) is 141 cm³/mol. The number of likely N-dealkylation sites (tertiary alicyclic amines) is 1. The SMILES string of the molecule is CCCCC1CC(=O)N(c2ccccc2C(=O)OCC2CCCN(CCCc3ccccc3)C2)C1=O. The first-order valence-electron chi connectivity index (χ1n) is 13.5. The third-order valence-electron chi connectivity index (χ3n) is 7.35. The summed E-state index contributed by atoms with van der Waals surface area (Å²) < 4.78 is 5.74. The lowest BCUT2D eigenvalue weighted by Crippen LogP contribution is -2.38. The maximum Gasteiger partial charge on any atom is 0.340 e. The number of carbonyl (C=O) groups excluding carboxylic acids is 3. The Morgan fingerprint density at radius 2 is 1.81 bits per heavy atom. The van der Waals surface area contributed by atoms with E-state index in [2.05, 4.69) is 36.1 Å². The van der Waals surface area contributed by atoms with Gasteiger partial charge in [-0.2, -0.15) is 0 Å². The number of benzene rings is 2. The van der Waals surface area contributed by atoms with Gasteiger partial charge in [0, 0.05) is 24.8 Å². The van der Waals surface area contributed by atoms with Crippen molar-refractivity contribution in [1.29, 1.82) is 0 Å². The fourth-order valence-electron chi connectivity index (χ4n) is 5.38. The Labute approximate surface area is 214 Å². The van der Waals surface area contributed by atoms with Crippen LogP contribution in [0.15, 0.2) is 54.6 Å². The zero-order chi connectivity index (χ0) is 25.3. The Morgan fingerprint density at radius 1 is 1.03 bits per heavy atom. The molecule has 2 saturated heterocycles. The van der Waals surface area contributed by atoms with Crippen molar-refractivity contribution >= 4 is 23.5 Å². The fourth-order valence-corrected chi connectivity index (χ4v) is 5.38. The van der Waals surface area contributed by atoms with Crippen LogP contribution in [0.1, 0.15) is 67.8 Å². The van der Waals surface area contributed by atoms with Crippen LogP contribution in [0.4, 0.5) is 5.69 Å². The van der Waals surface area contributed by atoms with Gasteiger partial charge in [-0.05, 0) is 62.9 Å². The molecule has 6 heteroatoms. The molecule has 2 aromatic rings. The summed E-state index contributed by atoms with van der Waals surface area (Å²) >= 11 is 0. The molecule has 2 aromatic carbocycles. The van der Waals surface area contributed by atoms with Crippen LogP contribution in [0.3, 0.4) is 0 Å². The first-order chi connectivity index (χ1) is 17.6. The van der Waals surface area contributed by atoms with Crippen molar-refractivity contribution in [2.45, 2.75) is 58.3 Å². The summed E-state index contributed by atoms with van der Waals surface area (Å²) in [5.74, 6) is -0.909. The molecule has 0 N–H and O–H groups in total. The summed E-state index contributed by atoms with van der Waals surface area (Å²) in [6.07, 6.45) is 7.12. The highest BCUT2D eigenvalue weighted by Crippen LogP contribution is 2.32. The monoisotopic (exact) mass is 490 g/mol. The lowest BCUT2D eigenvalue weighted by Gasteiger charge is -2.32. The smallest absolute Gasteiger partial charge is 0.340 e. The van der Waals surface area contributed by atoms with E-state index in [9.17, 15) is 14.4 Å². The second-order valence-corrected chi connectivity index (χ2v) is 10.1. The van der Waals surface area contributed by atoms with E-state index < -0.39 is 5.97 Å². The van der Waals surface area contributed by atoms with Crippen molar-refractivity contribution in [2.75, 3.05) is 31.1 Å². The third kappa shape index (κ3) is 6.61. The number of carbonyl (C=O) groups is 3. The highest BCUT2D eigenvalue weighted by Gasteiger charge is 2.40. The molecule has 36 heavy (non-hydrogen) atoms. The summed E-state index contributed by atoms with van der Waals surface area (Å²) in [5, 5.41) is 0. The molecule has 0 radical (unpaired) electrons. The van der Waals surface area contributed by atoms with Crippen molar-refractivity contribution in [1.82, 2.24) is 4.90 Å². The molecule has 0 aromatic heterocycles. The van der Waals surface area contributed by atoms with Crippen LogP contribution < -0.4 is 4.90 Å². The molecule has 4 rings (SSSR count). The number of piperidine rings is 1. The summed E-state index contributed by atoms with van der Waals surface area (Å²) in [6.45, 7) is 5.47. The van der Waals surface area contributed by atoms with E-state index in [0.29, 0.717) is 24.6 Å². The molecule has 6 nitrogen and oxygen atoms in total. The fraction of sp³-hybridized carbons (Fsp3) is 0.500. The molecule has 2 aliphatic rings. The molecule has 0 saturated carbocycles. The van der Waals surface area contributed by atoms with E-state index in [1.54, 1.807) is 24.3 Å². The number of esters is 1. The lowest BCUT2D eigenvalue weighted by molar-refractivity contribution is -0.122. The summed E-state index contributed by atoms with van der Waals surface area (Å²) in [5.41, 5.74) is 2.00. The van der Waals surface area contributed by atoms with Gasteiger partial charge in [-0.25, -0.2) is 9.69 Å². The number of ether oxygens (including phenoxy) is 1. The van der Waals surface area contributed by atoms with E-state index in [1.807, 2.05) is 6.07 Å². The van der Waals surface area contributed by atoms with Gasteiger partial charge in [0.1, 0.15) is 0 Å². The maximum atomic E-state index is 13.1. The number of imide groups is 1. The van der Waals surface area contributed by atoms with Gasteiger partial charge in [0.15, 0.2) is 0 Å². The van der Waals surface area contributed by atoms with Crippen LogP contribution in [-0.4, -0.2) is 48.9 Å². The second kappa shape index (κ2) is 12.8. The summed E-state index contributed by atoms with van der Waals surface area (Å²) in [7, 11) is 0. The molecule has 192 valence electrons. The van der Waals surface area contributed by atoms with Gasteiger partial charge in [0.05, 0.1) is 17.9 Å². The summed E-state index contributed by atoms with van der Waals surface area (Å²) in [4.78, 5) is 42.4. The summed E-state index contributed by atoms with van der Waals surface area (Å²) in [6, 6.07) is 17.4. The quantitative estimate of drug-likeness (QED) is 0.318. The number of nitrogens with zero attached hydrogens (tertiary/aromatic N) is 2. The highest BCUT2D eigenvalue weighted by molar-refractivity contribution is 6.22. The molecule has 0 spiro atoms. The van der Waals surface area contributed by atoms with E-state index >= 15 is 0 Å². The third-order valence-corrected chi connectivity index (χ3v) is 7.35. The molecule has 2 unspecified atom stereocenters. The minimum absolute atomic E-state index is 0.202. The standard InChI is InChI=1S/C30H38N2O4/c1-2-3-15-25-20-28(33)32(29(25)34)27-17-8-7-16-26(27)30(35)36-22-24-14-10-19-31(21-24)18-9-13-23-11-5-4-6-12-23/h4-8,11-12,16-17,24-25H,2-3,9-10,13-15,18-22H2,1H3. The van der Waals surface area contributed by atoms with Crippen LogP contribution in [0.2, 0.25) is 0 Å². The number of para-hydroxylation sites is 1. The molecule has 0 bridgehead atoms. The van der Waals surface area contributed by atoms with E-state index in [1.165, 1.54) is 10.5 Å². The minimum Gasteiger partial charge on any atom is -0.462 e. The van der Waals surface area contributed by atoms with Crippen LogP contribution in [0, 0.1) is 11.8 Å². The number of unbranched alkanes of at least 4 members (excludes halogenated alkanes) is 1. The Balaban J connectivity index is 1.31. The topological polar surface area (TPSA) is 66.9 Å². The van der Waals surface area contributed by atoms with Gasteiger partial charge in [0.2, 0.25) is 11.8 Å². The van der Waals surface area contributed by atoms with Crippen LogP contribution in [0.25, 0.3) is 0 Å². The molecule has 2 atom stereocenters. The number of anilines is 1. The Kier molecular flexibility index (Phi) is 9.29. The molecule has 2 aliphatic heterocycles. The average Bonchev–Trinajstić information content (AvgIpc) is 3.19. The molecule has 2 fully saturated rings. The van der Waals surface area contributed by atoms with Gasteiger partial charge in [-0.1, -0.05) is 62.2 Å². The van der Waals surface area contributed by atoms with Crippen molar-refractivity contribution in [3.8, 4) is 0 Å². The van der Waals surface area contributed by atoms with Crippen LogP contribution in [0.5, 0.6) is 0 Å². The van der Waals surface area contributed by atoms with E-state index in [0.717, 1.165) is 58.2 Å². The molecule has 2 amide bonds. The van der Waals surface area contributed by atoms with E-state index in [-0.39, 0.29) is 29.7 Å². The van der Waals surface area contributed by atoms with E-state index in [4.69, 9.17) is 4.74 Å². The van der Waals surface area contributed by atoms with Gasteiger partial charge in [0.25, 0.3) is 0 Å². The van der Waals surface area contributed by atoms with Crippen molar-refractivity contribution in [3.63, 3.8) is 0 Å². The second-order valence-electron chi connectivity index (χ2n) is 10.1. The Bertz CT molecular complexity index is 1040. The molecular formula is C30H38N2O4. The van der Waals surface area contributed by atoms with Crippen molar-refractivity contribution < 1.29 is 19.1 Å². The van der Waals surface area contributed by atoms with Crippen molar-refractivity contribution in [3.05, 3.63) is 65.7 Å². The predicted octanol–water partition coefficient (Wildman–Crippen LogP) is 5.26. The highest BCUT2D eigenvalue weighted by atomic mass is 16.5. The van der Waals surface area contributed by atoms with Gasteiger partial charge >= 0.3 is 5.97 Å². The number of amides is 2.